The van der Waals surface area contributed by atoms with Crippen molar-refractivity contribution in [2.24, 2.45) is 5.92 Å². The van der Waals surface area contributed by atoms with E-state index in [1.807, 2.05) is 0 Å². The molecular weight excluding hydrogens is 592 g/mol. The van der Waals surface area contributed by atoms with E-state index in [2.05, 4.69) is 47.6 Å². The first-order chi connectivity index (χ1) is 20.7. The first-order valence-corrected chi connectivity index (χ1v) is 16.7. The Balaban J connectivity index is 1.22. The zero-order valence-electron chi connectivity index (χ0n) is 23.3. The summed E-state index contributed by atoms with van der Waals surface area (Å²) in [5.41, 5.74) is 2.29. The Morgan fingerprint density at radius 3 is 2.53 bits per heavy atom. The van der Waals surface area contributed by atoms with Crippen LogP contribution in [0.1, 0.15) is 43.4 Å². The number of nitrogens with one attached hydrogen (secondary N) is 2. The molecule has 2 saturated carbocycles. The number of hydrogen-bond donors (Lipinski definition) is 3. The van der Waals surface area contributed by atoms with Crippen LogP contribution in [0.5, 0.6) is 0 Å². The first-order valence-electron chi connectivity index (χ1n) is 14.6. The van der Waals surface area contributed by atoms with E-state index in [1.54, 1.807) is 12.1 Å². The van der Waals surface area contributed by atoms with Crippen LogP contribution in [0.25, 0.3) is 5.65 Å². The van der Waals surface area contributed by atoms with Gasteiger partial charge in [0.15, 0.2) is 27.0 Å². The van der Waals surface area contributed by atoms with Crippen molar-refractivity contribution >= 4 is 50.2 Å². The van der Waals surface area contributed by atoms with Gasteiger partial charge in [-0.25, -0.2) is 13.4 Å². The third-order valence-electron chi connectivity index (χ3n) is 9.04. The van der Waals surface area contributed by atoms with Crippen LogP contribution in [0.3, 0.4) is 0 Å². The highest BCUT2D eigenvalue weighted by Crippen LogP contribution is 2.42. The van der Waals surface area contributed by atoms with Gasteiger partial charge in [-0.3, -0.25) is 4.90 Å². The number of imidazole rings is 1. The summed E-state index contributed by atoms with van der Waals surface area (Å²) in [5.74, 6) is 0.869. The molecule has 3 N–H and O–H groups in total. The highest BCUT2D eigenvalue weighted by molar-refractivity contribution is 7.91. The maximum absolute atomic E-state index is 12.2. The van der Waals surface area contributed by atoms with Crippen LogP contribution in [0, 0.1) is 28.6 Å². The molecule has 7 rings (SSSR count). The van der Waals surface area contributed by atoms with E-state index < -0.39 is 22.0 Å². The summed E-state index contributed by atoms with van der Waals surface area (Å²) in [7, 11) is -3.27. The largest absolute Gasteiger partial charge is 0.390 e. The average Bonchev–Trinajstić information content (AvgIpc) is 3.59. The highest BCUT2D eigenvalue weighted by atomic mass is 35.5. The molecule has 0 amide bonds. The van der Waals surface area contributed by atoms with Crippen molar-refractivity contribution in [1.82, 2.24) is 24.5 Å². The molecule has 0 spiro atoms. The molecule has 4 fully saturated rings. The molecular formula is C28H31ClN10O3S. The fraction of sp³-hybridized carbons (Fsp3) is 0.536. The van der Waals surface area contributed by atoms with Gasteiger partial charge in [0.05, 0.1) is 57.9 Å². The van der Waals surface area contributed by atoms with Crippen molar-refractivity contribution in [3.63, 3.8) is 0 Å². The Kier molecular flexibility index (Phi) is 7.05. The number of fused-ring (bicyclic) bond motifs is 1. The lowest BCUT2D eigenvalue weighted by molar-refractivity contribution is 0.0554. The zero-order chi connectivity index (χ0) is 29.9. The van der Waals surface area contributed by atoms with Gasteiger partial charge >= 0.3 is 0 Å². The summed E-state index contributed by atoms with van der Waals surface area (Å²) in [6, 6.07) is 7.71. The number of nitriles is 2. The molecule has 13 nitrogen and oxygen atoms in total. The summed E-state index contributed by atoms with van der Waals surface area (Å²) in [6.45, 7) is 1.73. The van der Waals surface area contributed by atoms with Gasteiger partial charge in [-0.05, 0) is 43.7 Å². The summed E-state index contributed by atoms with van der Waals surface area (Å²) in [4.78, 5) is 13.3. The van der Waals surface area contributed by atoms with Gasteiger partial charge < -0.3 is 20.6 Å². The topological polar surface area (TPSA) is 176 Å². The van der Waals surface area contributed by atoms with Crippen LogP contribution in [-0.2, 0) is 9.84 Å². The Morgan fingerprint density at radius 2 is 1.88 bits per heavy atom. The number of benzene rings is 1. The minimum atomic E-state index is -3.27. The highest BCUT2D eigenvalue weighted by Gasteiger charge is 2.45. The Morgan fingerprint density at radius 1 is 1.07 bits per heavy atom. The predicted molar refractivity (Wildman–Crippen MR) is 160 cm³/mol. The van der Waals surface area contributed by atoms with Gasteiger partial charge in [-0.1, -0.05) is 18.0 Å². The molecule has 0 bridgehead atoms. The van der Waals surface area contributed by atoms with Crippen molar-refractivity contribution in [1.29, 1.82) is 10.5 Å². The Bertz CT molecular complexity index is 1780. The van der Waals surface area contributed by atoms with Gasteiger partial charge in [0.25, 0.3) is 0 Å². The van der Waals surface area contributed by atoms with E-state index >= 15 is 0 Å². The number of sulfone groups is 1. The number of hydrogen-bond acceptors (Lipinski definition) is 12. The third-order valence-corrected chi connectivity index (χ3v) is 11.1. The molecule has 43 heavy (non-hydrogen) atoms. The fourth-order valence-electron chi connectivity index (χ4n) is 6.44. The molecule has 224 valence electrons. The molecule has 0 radical (unpaired) electrons. The van der Waals surface area contributed by atoms with Crippen molar-refractivity contribution in [2.45, 2.75) is 56.3 Å². The molecule has 1 aromatic carbocycles. The van der Waals surface area contributed by atoms with Gasteiger partial charge in [0, 0.05) is 31.7 Å². The van der Waals surface area contributed by atoms with Gasteiger partial charge in [0.2, 0.25) is 5.95 Å². The maximum atomic E-state index is 12.2. The second-order valence-corrected chi connectivity index (χ2v) is 14.5. The normalized spacial score (nSPS) is 25.7. The second kappa shape index (κ2) is 10.8. The number of aromatic nitrogens is 4. The number of halogens is 1. The van der Waals surface area contributed by atoms with Gasteiger partial charge in [-0.2, -0.15) is 20.0 Å². The van der Waals surface area contributed by atoms with Gasteiger partial charge in [0.1, 0.15) is 6.07 Å². The monoisotopic (exact) mass is 622 g/mol. The van der Waals surface area contributed by atoms with E-state index in [0.29, 0.717) is 65.0 Å². The smallest absolute Gasteiger partial charge is 0.247 e. The van der Waals surface area contributed by atoms with Crippen molar-refractivity contribution in [3.8, 4) is 12.1 Å². The van der Waals surface area contributed by atoms with E-state index in [4.69, 9.17) is 11.6 Å². The van der Waals surface area contributed by atoms with E-state index in [0.717, 1.165) is 32.1 Å². The molecule has 2 aliphatic heterocycles. The fourth-order valence-corrected chi connectivity index (χ4v) is 8.54. The molecule has 3 atom stereocenters. The number of aliphatic hydroxyl groups is 1. The molecule has 15 heteroatoms. The SMILES string of the molecule is N#Cc1cc(Nc2nc(NC3CC3)c3ncc(C#N)n3n2)c(Cl)c(N2CCN(C3CS(=O)(=O)CC3O)CC2C2CCC2)c1. The lowest BCUT2D eigenvalue weighted by atomic mass is 9.77. The summed E-state index contributed by atoms with van der Waals surface area (Å²) in [6.07, 6.45) is 5.84. The Hall–Kier alpha value is -3.69. The number of aliphatic hydroxyl groups excluding tert-OH is 1. The lowest BCUT2D eigenvalue weighted by Gasteiger charge is -2.50. The van der Waals surface area contributed by atoms with Crippen LogP contribution < -0.4 is 15.5 Å². The minimum absolute atomic E-state index is 0.0311. The average molecular weight is 623 g/mol. The van der Waals surface area contributed by atoms with Crippen LogP contribution in [0.4, 0.5) is 23.1 Å². The summed E-state index contributed by atoms with van der Waals surface area (Å²) in [5, 5.41) is 41.6. The standard InChI is InChI=1S/C28H31ClN10O3S/c29-25-20(34-28-35-26(33-18-4-5-18)27-32-12-19(11-31)39(27)36-28)8-16(10-30)9-21(25)38-7-6-37(13-22(38)17-2-1-3-17)23-14-43(41,42)15-24(23)40/h8-9,12,17-18,22-24,40H,1-7,13-15H2,(H2,33,34,35,36). The summed E-state index contributed by atoms with van der Waals surface area (Å²) >= 11 is 7.08. The van der Waals surface area contributed by atoms with Crippen LogP contribution in [0.15, 0.2) is 18.3 Å². The van der Waals surface area contributed by atoms with Gasteiger partial charge in [-0.15, -0.1) is 5.10 Å². The lowest BCUT2D eigenvalue weighted by Crippen LogP contribution is -2.61. The van der Waals surface area contributed by atoms with E-state index in [1.165, 1.54) is 10.7 Å². The second-order valence-electron chi connectivity index (χ2n) is 11.9. The number of anilines is 4. The first kappa shape index (κ1) is 28.1. The number of piperazine rings is 1. The van der Waals surface area contributed by atoms with Crippen LogP contribution in [0.2, 0.25) is 5.02 Å². The quantitative estimate of drug-likeness (QED) is 0.351. The zero-order valence-corrected chi connectivity index (χ0v) is 24.9. The van der Waals surface area contributed by atoms with Crippen molar-refractivity contribution in [3.05, 3.63) is 34.6 Å². The van der Waals surface area contributed by atoms with E-state index in [9.17, 15) is 24.0 Å². The number of nitrogens with zero attached hydrogens (tertiary/aromatic N) is 8. The molecule has 3 aromatic rings. The Labute approximate surface area is 254 Å². The molecule has 2 aliphatic carbocycles. The predicted octanol–water partition coefficient (Wildman–Crippen LogP) is 2.29. The molecule has 2 saturated heterocycles. The number of rotatable bonds is 7. The van der Waals surface area contributed by atoms with Crippen LogP contribution >= 0.6 is 11.6 Å². The minimum Gasteiger partial charge on any atom is -0.390 e. The van der Waals surface area contributed by atoms with Crippen molar-refractivity contribution in [2.75, 3.05) is 46.7 Å². The molecule has 4 heterocycles. The third kappa shape index (κ3) is 5.33. The van der Waals surface area contributed by atoms with E-state index in [-0.39, 0.29) is 29.2 Å². The van der Waals surface area contributed by atoms with Crippen LogP contribution in [-0.4, -0.2) is 93.4 Å². The molecule has 3 unspecified atom stereocenters. The molecule has 4 aliphatic rings. The maximum Gasteiger partial charge on any atom is 0.247 e. The summed E-state index contributed by atoms with van der Waals surface area (Å²) < 4.78 is 25.9. The molecule has 2 aromatic heterocycles. The van der Waals surface area contributed by atoms with Crippen molar-refractivity contribution < 1.29 is 13.5 Å².